The number of hydrogen-bond donors (Lipinski definition) is 1. The topological polar surface area (TPSA) is 87.7 Å². The normalized spacial score (nSPS) is 14.6. The molecule has 8 heteroatoms. The Labute approximate surface area is 167 Å². The molecule has 0 saturated carbocycles. The SMILES string of the molecule is CCCCCNC(=O)CCN(CCCN1CCOCC1)C(=O)c1cnccn1. The van der Waals surface area contributed by atoms with Crippen molar-refractivity contribution in [1.82, 2.24) is 25.1 Å². The monoisotopic (exact) mass is 391 g/mol. The zero-order valence-electron chi connectivity index (χ0n) is 16.9. The second-order valence-corrected chi connectivity index (χ2v) is 7.00. The van der Waals surface area contributed by atoms with Gasteiger partial charge in [0.25, 0.3) is 5.91 Å². The molecule has 1 N–H and O–H groups in total. The van der Waals surface area contributed by atoms with Crippen LogP contribution in [0.25, 0.3) is 0 Å². The summed E-state index contributed by atoms with van der Waals surface area (Å²) in [4.78, 5) is 37.0. The number of hydrogen-bond acceptors (Lipinski definition) is 6. The minimum absolute atomic E-state index is 0.0128. The lowest BCUT2D eigenvalue weighted by Crippen LogP contribution is -2.40. The zero-order valence-corrected chi connectivity index (χ0v) is 16.9. The molecule has 0 radical (unpaired) electrons. The second-order valence-electron chi connectivity index (χ2n) is 7.00. The number of ether oxygens (including phenoxy) is 1. The van der Waals surface area contributed by atoms with E-state index in [2.05, 4.69) is 27.1 Å². The van der Waals surface area contributed by atoms with Gasteiger partial charge in [-0.1, -0.05) is 19.8 Å². The van der Waals surface area contributed by atoms with E-state index in [0.29, 0.717) is 31.7 Å². The molecule has 1 aromatic heterocycles. The fraction of sp³-hybridized carbons (Fsp3) is 0.700. The van der Waals surface area contributed by atoms with E-state index in [0.717, 1.165) is 58.5 Å². The van der Waals surface area contributed by atoms with E-state index in [4.69, 9.17) is 4.74 Å². The van der Waals surface area contributed by atoms with Crippen molar-refractivity contribution in [3.63, 3.8) is 0 Å². The lowest BCUT2D eigenvalue weighted by molar-refractivity contribution is -0.121. The number of rotatable bonds is 12. The number of amides is 2. The number of nitrogens with one attached hydrogen (secondary N) is 1. The van der Waals surface area contributed by atoms with Gasteiger partial charge in [-0.2, -0.15) is 0 Å². The van der Waals surface area contributed by atoms with Crippen LogP contribution in [-0.2, 0) is 9.53 Å². The fourth-order valence-corrected chi connectivity index (χ4v) is 3.12. The van der Waals surface area contributed by atoms with Crippen LogP contribution in [0.4, 0.5) is 0 Å². The molecule has 0 aromatic carbocycles. The summed E-state index contributed by atoms with van der Waals surface area (Å²) in [6.45, 7) is 8.11. The molecule has 156 valence electrons. The molecule has 2 heterocycles. The molecular weight excluding hydrogens is 358 g/mol. The van der Waals surface area contributed by atoms with Crippen LogP contribution in [0.2, 0.25) is 0 Å². The third kappa shape index (κ3) is 8.31. The first-order valence-corrected chi connectivity index (χ1v) is 10.3. The Morgan fingerprint density at radius 2 is 2.00 bits per heavy atom. The first-order valence-electron chi connectivity index (χ1n) is 10.3. The van der Waals surface area contributed by atoms with Gasteiger partial charge in [0.2, 0.25) is 5.91 Å². The van der Waals surface area contributed by atoms with Crippen molar-refractivity contribution in [3.05, 3.63) is 24.3 Å². The maximum absolute atomic E-state index is 12.8. The van der Waals surface area contributed by atoms with E-state index < -0.39 is 0 Å². The summed E-state index contributed by atoms with van der Waals surface area (Å²) in [5.41, 5.74) is 0.317. The quantitative estimate of drug-likeness (QED) is 0.541. The number of morpholine rings is 1. The van der Waals surface area contributed by atoms with Crippen LogP contribution in [-0.4, -0.2) is 84.1 Å². The van der Waals surface area contributed by atoms with Crippen LogP contribution < -0.4 is 5.32 Å². The summed E-state index contributed by atoms with van der Waals surface area (Å²) in [5.74, 6) is -0.185. The zero-order chi connectivity index (χ0) is 20.0. The summed E-state index contributed by atoms with van der Waals surface area (Å²) in [6, 6.07) is 0. The predicted octanol–water partition coefficient (Wildman–Crippen LogP) is 1.34. The fourth-order valence-electron chi connectivity index (χ4n) is 3.12. The molecule has 0 bridgehead atoms. The highest BCUT2D eigenvalue weighted by Gasteiger charge is 2.19. The van der Waals surface area contributed by atoms with Crippen molar-refractivity contribution >= 4 is 11.8 Å². The standard InChI is InChI=1S/C20H33N5O3/c1-2-3-4-7-23-19(26)6-12-25(20(27)18-17-21-8-9-22-18)11-5-10-24-13-15-28-16-14-24/h8-9,17H,2-7,10-16H2,1H3,(H,23,26). The van der Waals surface area contributed by atoms with Crippen molar-refractivity contribution in [3.8, 4) is 0 Å². The molecule has 0 atom stereocenters. The second kappa shape index (κ2) is 13.2. The largest absolute Gasteiger partial charge is 0.379 e. The molecule has 1 saturated heterocycles. The molecule has 1 aliphatic heterocycles. The summed E-state index contributed by atoms with van der Waals surface area (Å²) in [6.07, 6.45) is 8.91. The molecule has 28 heavy (non-hydrogen) atoms. The van der Waals surface area contributed by atoms with Gasteiger partial charge in [-0.25, -0.2) is 4.98 Å². The van der Waals surface area contributed by atoms with Gasteiger partial charge >= 0.3 is 0 Å². The summed E-state index contributed by atoms with van der Waals surface area (Å²) in [5, 5.41) is 2.93. The third-order valence-electron chi connectivity index (χ3n) is 4.79. The third-order valence-corrected chi connectivity index (χ3v) is 4.79. The van der Waals surface area contributed by atoms with Crippen LogP contribution in [0.1, 0.15) is 49.5 Å². The van der Waals surface area contributed by atoms with Gasteiger partial charge < -0.3 is 15.0 Å². The average Bonchev–Trinajstić information content (AvgIpc) is 2.74. The molecule has 2 amide bonds. The Balaban J connectivity index is 1.82. The van der Waals surface area contributed by atoms with Gasteiger partial charge in [-0.3, -0.25) is 19.5 Å². The van der Waals surface area contributed by atoms with E-state index in [1.807, 2.05) is 0 Å². The first kappa shape index (κ1) is 22.2. The predicted molar refractivity (Wildman–Crippen MR) is 107 cm³/mol. The Morgan fingerprint density at radius 1 is 1.18 bits per heavy atom. The van der Waals surface area contributed by atoms with Crippen molar-refractivity contribution in [2.75, 3.05) is 52.5 Å². The van der Waals surface area contributed by atoms with Crippen molar-refractivity contribution < 1.29 is 14.3 Å². The van der Waals surface area contributed by atoms with Crippen LogP contribution in [0.5, 0.6) is 0 Å². The van der Waals surface area contributed by atoms with E-state index in [9.17, 15) is 9.59 Å². The average molecular weight is 392 g/mol. The Hall–Kier alpha value is -2.06. The van der Waals surface area contributed by atoms with Gasteiger partial charge in [0.1, 0.15) is 5.69 Å². The molecular formula is C20H33N5O3. The van der Waals surface area contributed by atoms with Crippen LogP contribution in [0.15, 0.2) is 18.6 Å². The molecule has 1 aliphatic rings. The highest BCUT2D eigenvalue weighted by atomic mass is 16.5. The summed E-state index contributed by atoms with van der Waals surface area (Å²) < 4.78 is 5.37. The van der Waals surface area contributed by atoms with Gasteiger partial charge in [0, 0.05) is 58.1 Å². The van der Waals surface area contributed by atoms with E-state index in [-0.39, 0.29) is 11.8 Å². The first-order chi connectivity index (χ1) is 13.7. The van der Waals surface area contributed by atoms with Crippen molar-refractivity contribution in [2.45, 2.75) is 39.0 Å². The van der Waals surface area contributed by atoms with E-state index in [1.54, 1.807) is 11.1 Å². The maximum atomic E-state index is 12.8. The Morgan fingerprint density at radius 3 is 2.71 bits per heavy atom. The number of nitrogens with zero attached hydrogens (tertiary/aromatic N) is 4. The van der Waals surface area contributed by atoms with Gasteiger partial charge in [0.15, 0.2) is 0 Å². The molecule has 0 aliphatic carbocycles. The number of carbonyl (C=O) groups is 2. The summed E-state index contributed by atoms with van der Waals surface area (Å²) in [7, 11) is 0. The molecule has 1 fully saturated rings. The van der Waals surface area contributed by atoms with Gasteiger partial charge in [-0.15, -0.1) is 0 Å². The maximum Gasteiger partial charge on any atom is 0.274 e. The van der Waals surface area contributed by atoms with Gasteiger partial charge in [-0.05, 0) is 12.8 Å². The van der Waals surface area contributed by atoms with E-state index in [1.165, 1.54) is 12.4 Å². The number of aromatic nitrogens is 2. The summed E-state index contributed by atoms with van der Waals surface area (Å²) >= 11 is 0. The Kier molecular flexibility index (Phi) is 10.5. The number of carbonyl (C=O) groups excluding carboxylic acids is 2. The smallest absolute Gasteiger partial charge is 0.274 e. The molecule has 1 aromatic rings. The van der Waals surface area contributed by atoms with Crippen LogP contribution in [0.3, 0.4) is 0 Å². The minimum Gasteiger partial charge on any atom is -0.379 e. The highest BCUT2D eigenvalue weighted by Crippen LogP contribution is 2.05. The van der Waals surface area contributed by atoms with Gasteiger partial charge in [0.05, 0.1) is 19.4 Å². The number of unbranched alkanes of at least 4 members (excludes halogenated alkanes) is 2. The van der Waals surface area contributed by atoms with Crippen molar-refractivity contribution in [2.24, 2.45) is 0 Å². The van der Waals surface area contributed by atoms with E-state index >= 15 is 0 Å². The lowest BCUT2D eigenvalue weighted by Gasteiger charge is -2.28. The molecule has 8 nitrogen and oxygen atoms in total. The van der Waals surface area contributed by atoms with Crippen LogP contribution >= 0.6 is 0 Å². The molecule has 0 spiro atoms. The molecule has 2 rings (SSSR count). The lowest BCUT2D eigenvalue weighted by atomic mass is 10.2. The van der Waals surface area contributed by atoms with Crippen LogP contribution in [0, 0.1) is 0 Å². The molecule has 0 unspecified atom stereocenters. The minimum atomic E-state index is -0.172. The highest BCUT2D eigenvalue weighted by molar-refractivity contribution is 5.92. The Bertz CT molecular complexity index is 578. The van der Waals surface area contributed by atoms with Crippen molar-refractivity contribution in [1.29, 1.82) is 0 Å².